The van der Waals surface area contributed by atoms with Crippen LogP contribution in [0.1, 0.15) is 0 Å². The van der Waals surface area contributed by atoms with E-state index in [1.165, 1.54) is 60.1 Å². The lowest BCUT2D eigenvalue weighted by molar-refractivity contribution is 0.669. The van der Waals surface area contributed by atoms with Gasteiger partial charge in [0.25, 0.3) is 0 Å². The molecule has 0 bridgehead atoms. The molecule has 1 heterocycles. The van der Waals surface area contributed by atoms with Crippen molar-refractivity contribution in [3.63, 3.8) is 0 Å². The van der Waals surface area contributed by atoms with Gasteiger partial charge in [-0.15, -0.1) is 0 Å². The standard InChI is InChI=1S/C42H26O/c1-2-12-31-28(10-1)11-9-18-34(31)42-37-16-5-3-14-35(37)41(36-15-4-6-17-38(36)42)29-22-20-27(21-23-29)30-24-25-33-32-13-7-8-19-39(32)43-40(33)26-30/h1-26H. The van der Waals surface area contributed by atoms with E-state index in [0.717, 1.165) is 27.5 Å². The highest BCUT2D eigenvalue weighted by Gasteiger charge is 2.18. The van der Waals surface area contributed by atoms with Gasteiger partial charge in [-0.2, -0.15) is 0 Å². The summed E-state index contributed by atoms with van der Waals surface area (Å²) in [6, 6.07) is 56.8. The fraction of sp³-hybridized carbons (Fsp3) is 0. The Kier molecular flexibility index (Phi) is 5.27. The highest BCUT2D eigenvalue weighted by Crippen LogP contribution is 2.45. The molecule has 0 aliphatic rings. The first-order valence-corrected chi connectivity index (χ1v) is 14.8. The molecule has 9 rings (SSSR count). The summed E-state index contributed by atoms with van der Waals surface area (Å²) in [6.07, 6.45) is 0. The Morgan fingerprint density at radius 2 is 0.814 bits per heavy atom. The zero-order chi connectivity index (χ0) is 28.3. The molecule has 0 saturated heterocycles. The molecule has 0 fully saturated rings. The van der Waals surface area contributed by atoms with Gasteiger partial charge in [0.05, 0.1) is 0 Å². The molecule has 0 N–H and O–H groups in total. The van der Waals surface area contributed by atoms with Crippen molar-refractivity contribution < 1.29 is 4.42 Å². The molecule has 43 heavy (non-hydrogen) atoms. The number of para-hydroxylation sites is 1. The summed E-state index contributed by atoms with van der Waals surface area (Å²) in [5.74, 6) is 0. The third-order valence-corrected chi connectivity index (χ3v) is 8.88. The van der Waals surface area contributed by atoms with E-state index in [9.17, 15) is 0 Å². The molecule has 0 unspecified atom stereocenters. The first-order valence-electron chi connectivity index (χ1n) is 14.8. The molecular weight excluding hydrogens is 520 g/mol. The van der Waals surface area contributed by atoms with Crippen LogP contribution in [-0.4, -0.2) is 0 Å². The van der Waals surface area contributed by atoms with E-state index >= 15 is 0 Å². The van der Waals surface area contributed by atoms with Gasteiger partial charge in [-0.3, -0.25) is 0 Å². The number of fused-ring (bicyclic) bond motifs is 6. The van der Waals surface area contributed by atoms with Crippen LogP contribution in [-0.2, 0) is 0 Å². The third-order valence-electron chi connectivity index (χ3n) is 8.88. The van der Waals surface area contributed by atoms with Gasteiger partial charge < -0.3 is 4.42 Å². The van der Waals surface area contributed by atoms with Gasteiger partial charge in [0.2, 0.25) is 0 Å². The Morgan fingerprint density at radius 3 is 1.53 bits per heavy atom. The van der Waals surface area contributed by atoms with E-state index in [0.29, 0.717) is 0 Å². The maximum Gasteiger partial charge on any atom is 0.136 e. The largest absolute Gasteiger partial charge is 0.456 e. The van der Waals surface area contributed by atoms with Crippen molar-refractivity contribution in [3.8, 4) is 33.4 Å². The molecule has 0 saturated carbocycles. The second kappa shape index (κ2) is 9.44. The van der Waals surface area contributed by atoms with Crippen molar-refractivity contribution in [1.82, 2.24) is 0 Å². The van der Waals surface area contributed by atoms with Gasteiger partial charge in [0.15, 0.2) is 0 Å². The summed E-state index contributed by atoms with van der Waals surface area (Å²) < 4.78 is 6.18. The van der Waals surface area contributed by atoms with Crippen LogP contribution in [0.3, 0.4) is 0 Å². The summed E-state index contributed by atoms with van der Waals surface area (Å²) in [7, 11) is 0. The minimum Gasteiger partial charge on any atom is -0.456 e. The van der Waals surface area contributed by atoms with Gasteiger partial charge in [-0.1, -0.05) is 140 Å². The van der Waals surface area contributed by atoms with Gasteiger partial charge in [-0.25, -0.2) is 0 Å². The summed E-state index contributed by atoms with van der Waals surface area (Å²) in [6.45, 7) is 0. The van der Waals surface area contributed by atoms with Crippen LogP contribution in [0.25, 0.3) is 87.6 Å². The maximum absolute atomic E-state index is 6.18. The Labute approximate surface area is 249 Å². The third kappa shape index (κ3) is 3.72. The van der Waals surface area contributed by atoms with E-state index in [1.807, 2.05) is 12.1 Å². The van der Waals surface area contributed by atoms with Gasteiger partial charge >= 0.3 is 0 Å². The van der Waals surface area contributed by atoms with Crippen molar-refractivity contribution in [3.05, 3.63) is 158 Å². The number of rotatable bonds is 3. The summed E-state index contributed by atoms with van der Waals surface area (Å²) in [4.78, 5) is 0. The zero-order valence-electron chi connectivity index (χ0n) is 23.4. The summed E-state index contributed by atoms with van der Waals surface area (Å²) in [5.41, 5.74) is 9.22. The monoisotopic (exact) mass is 546 g/mol. The SMILES string of the molecule is c1ccc2c(-c3c4ccccc4c(-c4ccc(-c5ccc6c(c5)oc5ccccc56)cc4)c4ccccc34)cccc2c1. The highest BCUT2D eigenvalue weighted by atomic mass is 16.3. The maximum atomic E-state index is 6.18. The molecule has 200 valence electrons. The molecule has 0 aliphatic carbocycles. The van der Waals surface area contributed by atoms with Crippen LogP contribution < -0.4 is 0 Å². The molecular formula is C42H26O. The molecule has 0 radical (unpaired) electrons. The average molecular weight is 547 g/mol. The molecule has 8 aromatic carbocycles. The Balaban J connectivity index is 1.24. The number of hydrogen-bond acceptors (Lipinski definition) is 1. The van der Waals surface area contributed by atoms with E-state index in [-0.39, 0.29) is 0 Å². The fourth-order valence-electron chi connectivity index (χ4n) is 6.91. The Morgan fingerprint density at radius 1 is 0.302 bits per heavy atom. The second-order valence-electron chi connectivity index (χ2n) is 11.3. The Bertz CT molecular complexity index is 2430. The number of benzene rings is 8. The highest BCUT2D eigenvalue weighted by molar-refractivity contribution is 6.23. The van der Waals surface area contributed by atoms with E-state index < -0.39 is 0 Å². The van der Waals surface area contributed by atoms with Crippen LogP contribution in [0.15, 0.2) is 162 Å². The van der Waals surface area contributed by atoms with Crippen LogP contribution in [0.2, 0.25) is 0 Å². The first-order chi connectivity index (χ1) is 21.3. The van der Waals surface area contributed by atoms with E-state index in [2.05, 4.69) is 146 Å². The lowest BCUT2D eigenvalue weighted by Gasteiger charge is -2.19. The zero-order valence-corrected chi connectivity index (χ0v) is 23.4. The molecule has 0 spiro atoms. The van der Waals surface area contributed by atoms with Gasteiger partial charge in [-0.05, 0) is 83.9 Å². The van der Waals surface area contributed by atoms with Crippen molar-refractivity contribution in [2.45, 2.75) is 0 Å². The lowest BCUT2D eigenvalue weighted by Crippen LogP contribution is -1.91. The first kappa shape index (κ1) is 24.0. The quantitative estimate of drug-likeness (QED) is 0.201. The van der Waals surface area contributed by atoms with Crippen molar-refractivity contribution in [1.29, 1.82) is 0 Å². The van der Waals surface area contributed by atoms with Crippen LogP contribution in [0.5, 0.6) is 0 Å². The summed E-state index contributed by atoms with van der Waals surface area (Å²) in [5, 5.41) is 9.91. The molecule has 0 aliphatic heterocycles. The van der Waals surface area contributed by atoms with Crippen LogP contribution >= 0.6 is 0 Å². The minimum absolute atomic E-state index is 0.920. The van der Waals surface area contributed by atoms with Crippen molar-refractivity contribution in [2.75, 3.05) is 0 Å². The van der Waals surface area contributed by atoms with Crippen molar-refractivity contribution in [2.24, 2.45) is 0 Å². The van der Waals surface area contributed by atoms with Crippen LogP contribution in [0, 0.1) is 0 Å². The molecule has 1 aromatic heterocycles. The molecule has 1 heteroatoms. The minimum atomic E-state index is 0.920. The van der Waals surface area contributed by atoms with Gasteiger partial charge in [0, 0.05) is 10.8 Å². The lowest BCUT2D eigenvalue weighted by atomic mass is 9.84. The normalized spacial score (nSPS) is 11.7. The number of hydrogen-bond donors (Lipinski definition) is 0. The summed E-state index contributed by atoms with van der Waals surface area (Å²) >= 11 is 0. The van der Waals surface area contributed by atoms with Gasteiger partial charge in [0.1, 0.15) is 11.2 Å². The molecule has 1 nitrogen and oxygen atoms in total. The Hall–Kier alpha value is -5.66. The van der Waals surface area contributed by atoms with Crippen molar-refractivity contribution >= 4 is 54.3 Å². The van der Waals surface area contributed by atoms with E-state index in [4.69, 9.17) is 4.42 Å². The molecule has 9 aromatic rings. The predicted molar refractivity (Wildman–Crippen MR) is 183 cm³/mol. The fourth-order valence-corrected chi connectivity index (χ4v) is 6.91. The second-order valence-corrected chi connectivity index (χ2v) is 11.3. The number of furan rings is 1. The van der Waals surface area contributed by atoms with E-state index in [1.54, 1.807) is 0 Å². The van der Waals surface area contributed by atoms with Crippen LogP contribution in [0.4, 0.5) is 0 Å². The smallest absolute Gasteiger partial charge is 0.136 e. The molecule has 0 atom stereocenters. The molecule has 0 amide bonds. The topological polar surface area (TPSA) is 13.1 Å². The average Bonchev–Trinajstić information content (AvgIpc) is 3.45. The predicted octanol–water partition coefficient (Wildman–Crippen LogP) is 12.0.